The number of benzene rings is 1. The molecule has 0 saturated heterocycles. The molecular formula is C12H11N3O2. The van der Waals surface area contributed by atoms with E-state index in [-0.39, 0.29) is 0 Å². The molecule has 0 radical (unpaired) electrons. The summed E-state index contributed by atoms with van der Waals surface area (Å²) in [4.78, 5) is 17.7. The van der Waals surface area contributed by atoms with Gasteiger partial charge in [-0.25, -0.2) is 9.78 Å². The molecule has 0 amide bonds. The molecule has 0 spiro atoms. The van der Waals surface area contributed by atoms with Gasteiger partial charge < -0.3 is 9.30 Å². The van der Waals surface area contributed by atoms with Gasteiger partial charge in [-0.3, -0.25) is 0 Å². The molecule has 0 aliphatic rings. The van der Waals surface area contributed by atoms with E-state index in [1.807, 2.05) is 24.3 Å². The predicted molar refractivity (Wildman–Crippen MR) is 63.0 cm³/mol. The van der Waals surface area contributed by atoms with Crippen LogP contribution in [0.1, 0.15) is 0 Å². The van der Waals surface area contributed by atoms with Gasteiger partial charge in [0.15, 0.2) is 0 Å². The molecule has 0 atom stereocenters. The summed E-state index contributed by atoms with van der Waals surface area (Å²) in [6.07, 6.45) is 3.14. The van der Waals surface area contributed by atoms with Crippen molar-refractivity contribution in [1.82, 2.24) is 9.55 Å². The lowest BCUT2D eigenvalue weighted by Gasteiger charge is -2.04. The van der Waals surface area contributed by atoms with Crippen LogP contribution >= 0.6 is 0 Å². The van der Waals surface area contributed by atoms with Crippen LogP contribution in [-0.2, 0) is 11.8 Å². The quantitative estimate of drug-likeness (QED) is 0.598. The Balaban J connectivity index is 2.42. The third-order valence-electron chi connectivity index (χ3n) is 2.50. The van der Waals surface area contributed by atoms with Crippen LogP contribution < -0.4 is 4.74 Å². The largest absolute Gasteiger partial charge is 0.497 e. The molecule has 5 heteroatoms. The highest BCUT2D eigenvalue weighted by Gasteiger charge is 2.07. The second-order valence-corrected chi connectivity index (χ2v) is 3.43. The minimum atomic E-state index is 0.339. The van der Waals surface area contributed by atoms with Gasteiger partial charge in [0.2, 0.25) is 12.0 Å². The topological polar surface area (TPSA) is 56.5 Å². The molecule has 0 N–H and O–H groups in total. The van der Waals surface area contributed by atoms with Gasteiger partial charge in [0.1, 0.15) is 5.75 Å². The fraction of sp³-hybridized carbons (Fsp3) is 0.167. The fourth-order valence-corrected chi connectivity index (χ4v) is 1.57. The molecule has 0 aliphatic carbocycles. The Kier molecular flexibility index (Phi) is 3.03. The normalized spacial score (nSPS) is 9.76. The number of hydrogen-bond donors (Lipinski definition) is 0. The highest BCUT2D eigenvalue weighted by Crippen LogP contribution is 2.24. The summed E-state index contributed by atoms with van der Waals surface area (Å²) >= 11 is 0. The van der Waals surface area contributed by atoms with Crippen LogP contribution in [-0.4, -0.2) is 22.7 Å². The van der Waals surface area contributed by atoms with Gasteiger partial charge in [0.25, 0.3) is 0 Å². The zero-order chi connectivity index (χ0) is 12.3. The Morgan fingerprint density at radius 3 is 2.65 bits per heavy atom. The van der Waals surface area contributed by atoms with Crippen molar-refractivity contribution >= 4 is 12.0 Å². The number of hydrogen-bond acceptors (Lipinski definition) is 4. The van der Waals surface area contributed by atoms with Gasteiger partial charge in [-0.05, 0) is 24.3 Å². The SMILES string of the molecule is COc1ccc(-c2cnc(N=C=O)n2C)cc1. The van der Waals surface area contributed by atoms with Crippen molar-refractivity contribution in [3.05, 3.63) is 30.5 Å². The third kappa shape index (κ3) is 2.09. The molecule has 5 nitrogen and oxygen atoms in total. The average Bonchev–Trinajstić information content (AvgIpc) is 2.72. The highest BCUT2D eigenvalue weighted by atomic mass is 16.5. The first-order valence-corrected chi connectivity index (χ1v) is 5.00. The molecule has 2 rings (SSSR count). The molecule has 0 unspecified atom stereocenters. The van der Waals surface area contributed by atoms with Gasteiger partial charge in [0.05, 0.1) is 19.0 Å². The molecule has 1 aromatic heterocycles. The maximum absolute atomic E-state index is 10.2. The van der Waals surface area contributed by atoms with E-state index in [0.717, 1.165) is 17.0 Å². The summed E-state index contributed by atoms with van der Waals surface area (Å²) in [6.45, 7) is 0. The van der Waals surface area contributed by atoms with Crippen LogP contribution in [0.25, 0.3) is 11.3 Å². The molecule has 0 bridgehead atoms. The number of aliphatic imine (C=N–C) groups is 1. The minimum Gasteiger partial charge on any atom is -0.497 e. The number of nitrogens with zero attached hydrogens (tertiary/aromatic N) is 3. The summed E-state index contributed by atoms with van der Waals surface area (Å²) in [5.41, 5.74) is 1.86. The number of aromatic nitrogens is 2. The molecule has 2 aromatic rings. The Morgan fingerprint density at radius 1 is 1.35 bits per heavy atom. The van der Waals surface area contributed by atoms with Crippen LogP contribution in [0.4, 0.5) is 5.95 Å². The van der Waals surface area contributed by atoms with E-state index < -0.39 is 0 Å². The molecule has 1 heterocycles. The van der Waals surface area contributed by atoms with Crippen LogP contribution in [0.3, 0.4) is 0 Å². The average molecular weight is 229 g/mol. The van der Waals surface area contributed by atoms with Crippen molar-refractivity contribution in [1.29, 1.82) is 0 Å². The lowest BCUT2D eigenvalue weighted by Crippen LogP contribution is -1.91. The van der Waals surface area contributed by atoms with Gasteiger partial charge in [-0.15, -0.1) is 4.99 Å². The maximum atomic E-state index is 10.2. The monoisotopic (exact) mass is 229 g/mol. The zero-order valence-corrected chi connectivity index (χ0v) is 9.54. The van der Waals surface area contributed by atoms with E-state index in [1.165, 1.54) is 6.08 Å². The fourth-order valence-electron chi connectivity index (χ4n) is 1.57. The number of imidazole rings is 1. The lowest BCUT2D eigenvalue weighted by atomic mass is 10.1. The molecular weight excluding hydrogens is 218 g/mol. The standard InChI is InChI=1S/C12H11N3O2/c1-15-11(7-13-12(15)14-8-16)9-3-5-10(17-2)6-4-9/h3-7H,1-2H3. The van der Waals surface area contributed by atoms with Gasteiger partial charge >= 0.3 is 0 Å². The number of carbonyl (C=O) groups excluding carboxylic acids is 1. The Morgan fingerprint density at radius 2 is 2.06 bits per heavy atom. The summed E-state index contributed by atoms with van der Waals surface area (Å²) < 4.78 is 6.82. The van der Waals surface area contributed by atoms with E-state index >= 15 is 0 Å². The number of ether oxygens (including phenoxy) is 1. The van der Waals surface area contributed by atoms with Crippen molar-refractivity contribution in [3.8, 4) is 17.0 Å². The summed E-state index contributed by atoms with van der Waals surface area (Å²) in [6, 6.07) is 7.57. The first kappa shape index (κ1) is 11.1. The first-order chi connectivity index (χ1) is 8.26. The lowest BCUT2D eigenvalue weighted by molar-refractivity contribution is 0.415. The van der Waals surface area contributed by atoms with Crippen LogP contribution in [0, 0.1) is 0 Å². The smallest absolute Gasteiger partial charge is 0.243 e. The number of methoxy groups -OCH3 is 1. The minimum absolute atomic E-state index is 0.339. The van der Waals surface area contributed by atoms with Crippen molar-refractivity contribution < 1.29 is 9.53 Å². The van der Waals surface area contributed by atoms with E-state index in [4.69, 9.17) is 4.74 Å². The summed E-state index contributed by atoms with van der Waals surface area (Å²) in [7, 11) is 3.42. The van der Waals surface area contributed by atoms with E-state index in [0.29, 0.717) is 5.95 Å². The Bertz CT molecular complexity index is 566. The van der Waals surface area contributed by atoms with Gasteiger partial charge in [-0.2, -0.15) is 0 Å². The zero-order valence-electron chi connectivity index (χ0n) is 9.54. The van der Waals surface area contributed by atoms with Crippen molar-refractivity contribution in [2.45, 2.75) is 0 Å². The molecule has 17 heavy (non-hydrogen) atoms. The van der Waals surface area contributed by atoms with E-state index in [9.17, 15) is 4.79 Å². The number of rotatable bonds is 3. The molecule has 0 saturated carbocycles. The molecule has 0 fully saturated rings. The highest BCUT2D eigenvalue weighted by molar-refractivity contribution is 5.62. The summed E-state index contributed by atoms with van der Waals surface area (Å²) in [5, 5.41) is 0. The van der Waals surface area contributed by atoms with Gasteiger partial charge in [0, 0.05) is 12.6 Å². The van der Waals surface area contributed by atoms with E-state index in [1.54, 1.807) is 24.9 Å². The molecule has 0 aliphatic heterocycles. The van der Waals surface area contributed by atoms with Gasteiger partial charge in [-0.1, -0.05) is 0 Å². The van der Waals surface area contributed by atoms with Crippen molar-refractivity contribution in [2.75, 3.05) is 7.11 Å². The second kappa shape index (κ2) is 4.63. The van der Waals surface area contributed by atoms with Crippen LogP contribution in [0.15, 0.2) is 35.5 Å². The molecule has 1 aromatic carbocycles. The van der Waals surface area contributed by atoms with Crippen LogP contribution in [0.5, 0.6) is 5.75 Å². The second-order valence-electron chi connectivity index (χ2n) is 3.43. The maximum Gasteiger partial charge on any atom is 0.243 e. The van der Waals surface area contributed by atoms with Crippen molar-refractivity contribution in [2.24, 2.45) is 12.0 Å². The Labute approximate surface area is 98.4 Å². The third-order valence-corrected chi connectivity index (χ3v) is 2.50. The number of isocyanates is 1. The Hall–Kier alpha value is -2.39. The summed E-state index contributed by atoms with van der Waals surface area (Å²) in [5.74, 6) is 1.13. The van der Waals surface area contributed by atoms with Crippen molar-refractivity contribution in [3.63, 3.8) is 0 Å². The molecule has 86 valence electrons. The van der Waals surface area contributed by atoms with E-state index in [2.05, 4.69) is 9.98 Å². The first-order valence-electron chi connectivity index (χ1n) is 5.00. The predicted octanol–water partition coefficient (Wildman–Crippen LogP) is 2.06. The van der Waals surface area contributed by atoms with Crippen LogP contribution in [0.2, 0.25) is 0 Å².